The van der Waals surface area contributed by atoms with E-state index < -0.39 is 17.8 Å². The van der Waals surface area contributed by atoms with Crippen LogP contribution < -0.4 is 26.4 Å². The molecule has 0 spiro atoms. The van der Waals surface area contributed by atoms with Gasteiger partial charge >= 0.3 is 0 Å². The third-order valence-corrected chi connectivity index (χ3v) is 11.9. The van der Waals surface area contributed by atoms with E-state index in [9.17, 15) is 23.6 Å². The van der Waals surface area contributed by atoms with Crippen molar-refractivity contribution in [3.63, 3.8) is 0 Å². The number of carbonyl (C=O) groups excluding carboxylic acids is 3. The van der Waals surface area contributed by atoms with E-state index in [1.165, 1.54) is 6.07 Å². The summed E-state index contributed by atoms with van der Waals surface area (Å²) in [6.07, 6.45) is 9.66. The number of aromatic amines is 1. The minimum atomic E-state index is -0.571. The molecule has 4 aromatic rings. The van der Waals surface area contributed by atoms with E-state index in [1.54, 1.807) is 54.7 Å². The van der Waals surface area contributed by atoms with E-state index in [4.69, 9.17) is 4.74 Å². The quantitative estimate of drug-likeness (QED) is 0.148. The molecular formula is C43H48F2N8O5. The zero-order chi connectivity index (χ0) is 40.2. The summed E-state index contributed by atoms with van der Waals surface area (Å²) in [6.45, 7) is 2.65. The number of nitrogens with zero attached hydrogens (tertiary/aromatic N) is 4. The van der Waals surface area contributed by atoms with Gasteiger partial charge in [-0.2, -0.15) is 0 Å². The molecule has 58 heavy (non-hydrogen) atoms. The van der Waals surface area contributed by atoms with Crippen LogP contribution in [0.25, 0.3) is 22.4 Å². The minimum absolute atomic E-state index is 0.0453. The number of anilines is 3. The Balaban J connectivity index is 0.761. The van der Waals surface area contributed by atoms with Gasteiger partial charge < -0.3 is 30.2 Å². The highest BCUT2D eigenvalue weighted by Crippen LogP contribution is 2.32. The SMILES string of the molecule is O=C1CCC(Nc2ccc(N3CCC(OC4CCN(C(=O)C5CCC(Nc6ncc(F)c(-c7cccc(-c8ccc[nH]c8=O)c7)n6)CC5)CC4)CC3)c(F)c2)C(=O)N1. The number of H-pyrrole nitrogens is 1. The highest BCUT2D eigenvalue weighted by atomic mass is 19.1. The number of aromatic nitrogens is 3. The maximum atomic E-state index is 15.2. The van der Waals surface area contributed by atoms with Crippen LogP contribution in [-0.2, 0) is 19.1 Å². The lowest BCUT2D eigenvalue weighted by Crippen LogP contribution is -2.47. The summed E-state index contributed by atoms with van der Waals surface area (Å²) >= 11 is 0. The Kier molecular flexibility index (Phi) is 11.8. The fourth-order valence-corrected chi connectivity index (χ4v) is 8.65. The molecule has 3 amide bonds. The number of amides is 3. The van der Waals surface area contributed by atoms with Gasteiger partial charge in [0.15, 0.2) is 5.82 Å². The number of hydrogen-bond acceptors (Lipinski definition) is 10. The molecule has 2 aromatic carbocycles. The smallest absolute Gasteiger partial charge is 0.255 e. The van der Waals surface area contributed by atoms with E-state index in [0.29, 0.717) is 66.6 Å². The molecule has 15 heteroatoms. The van der Waals surface area contributed by atoms with Crippen molar-refractivity contribution < 1.29 is 27.9 Å². The molecule has 4 fully saturated rings. The predicted octanol–water partition coefficient (Wildman–Crippen LogP) is 5.64. The van der Waals surface area contributed by atoms with Gasteiger partial charge in [-0.05, 0) is 99.7 Å². The molecule has 5 heterocycles. The Hall–Kier alpha value is -5.70. The van der Waals surface area contributed by atoms with Crippen LogP contribution in [0.1, 0.15) is 64.2 Å². The van der Waals surface area contributed by atoms with Crippen LogP contribution in [0.5, 0.6) is 0 Å². The van der Waals surface area contributed by atoms with Gasteiger partial charge in [0.2, 0.25) is 23.7 Å². The summed E-state index contributed by atoms with van der Waals surface area (Å²) in [5.74, 6) is -1.13. The number of likely N-dealkylation sites (tertiary alicyclic amines) is 1. The number of halogens is 2. The number of nitrogens with one attached hydrogen (secondary N) is 4. The summed E-state index contributed by atoms with van der Waals surface area (Å²) in [5.41, 5.74) is 2.62. The topological polar surface area (TPSA) is 162 Å². The van der Waals surface area contributed by atoms with Crippen LogP contribution in [0.3, 0.4) is 0 Å². The monoisotopic (exact) mass is 794 g/mol. The number of imide groups is 1. The molecule has 1 saturated carbocycles. The Labute approximate surface area is 335 Å². The maximum absolute atomic E-state index is 15.2. The zero-order valence-electron chi connectivity index (χ0n) is 32.2. The molecular weight excluding hydrogens is 747 g/mol. The van der Waals surface area contributed by atoms with Crippen LogP contribution in [0.2, 0.25) is 0 Å². The summed E-state index contributed by atoms with van der Waals surface area (Å²) in [6, 6.07) is 14.9. The highest BCUT2D eigenvalue weighted by Gasteiger charge is 2.34. The van der Waals surface area contributed by atoms with Crippen molar-refractivity contribution in [1.82, 2.24) is 25.2 Å². The van der Waals surface area contributed by atoms with E-state index in [-0.39, 0.29) is 59.5 Å². The predicted molar refractivity (Wildman–Crippen MR) is 215 cm³/mol. The fraction of sp³-hybridized carbons (Fsp3) is 0.442. The Morgan fingerprint density at radius 1 is 0.793 bits per heavy atom. The number of carbonyl (C=O) groups is 3. The normalized spacial score (nSPS) is 22.1. The van der Waals surface area contributed by atoms with Crippen molar-refractivity contribution in [3.8, 4) is 22.4 Å². The number of piperidine rings is 3. The molecule has 4 N–H and O–H groups in total. The molecule has 1 aliphatic carbocycles. The van der Waals surface area contributed by atoms with Crippen LogP contribution in [-0.4, -0.2) is 88.0 Å². The average Bonchev–Trinajstić information content (AvgIpc) is 3.23. The van der Waals surface area contributed by atoms with Gasteiger partial charge in [0.05, 0.1) is 24.1 Å². The Morgan fingerprint density at radius 2 is 1.53 bits per heavy atom. The second-order valence-corrected chi connectivity index (χ2v) is 15.7. The Bertz CT molecular complexity index is 2200. The van der Waals surface area contributed by atoms with Crippen LogP contribution in [0, 0.1) is 17.6 Å². The lowest BCUT2D eigenvalue weighted by molar-refractivity contribution is -0.140. The highest BCUT2D eigenvalue weighted by molar-refractivity contribution is 6.01. The molecule has 304 valence electrons. The average molecular weight is 795 g/mol. The number of hydrogen-bond donors (Lipinski definition) is 4. The summed E-state index contributed by atoms with van der Waals surface area (Å²) in [5, 5.41) is 8.70. The molecule has 3 aliphatic heterocycles. The number of pyridine rings is 1. The van der Waals surface area contributed by atoms with Crippen molar-refractivity contribution in [2.24, 2.45) is 5.92 Å². The van der Waals surface area contributed by atoms with Gasteiger partial charge in [0.25, 0.3) is 5.56 Å². The van der Waals surface area contributed by atoms with E-state index in [1.807, 2.05) is 9.80 Å². The zero-order valence-corrected chi connectivity index (χ0v) is 32.2. The molecule has 0 radical (unpaired) electrons. The standard InChI is InChI=1S/C43H48F2N8O5/c44-34-24-30(48-36-11-13-38(54)50-41(36)56)10-12-37(34)52-19-14-31(15-20-52)58-32-16-21-53(22-17-32)42(57)26-6-8-29(9-7-26)49-43-47-25-35(45)39(51-43)28-4-1-3-27(23-28)33-5-2-18-46-40(33)55/h1-5,10,12,18,23-26,29,31-32,36,48H,6-9,11,13-17,19-22H2,(H,46,55)(H,47,49,51)(H,50,54,56). The molecule has 13 nitrogen and oxygen atoms in total. The second kappa shape index (κ2) is 17.4. The first-order valence-electron chi connectivity index (χ1n) is 20.3. The summed E-state index contributed by atoms with van der Waals surface area (Å²) < 4.78 is 36.6. The van der Waals surface area contributed by atoms with Gasteiger partial charge in [-0.25, -0.2) is 18.7 Å². The Morgan fingerprint density at radius 3 is 2.26 bits per heavy atom. The van der Waals surface area contributed by atoms with E-state index in [2.05, 4.69) is 30.9 Å². The third-order valence-electron chi connectivity index (χ3n) is 11.9. The lowest BCUT2D eigenvalue weighted by Gasteiger charge is -2.39. The molecule has 1 unspecified atom stereocenters. The van der Waals surface area contributed by atoms with Crippen molar-refractivity contribution in [2.75, 3.05) is 41.7 Å². The van der Waals surface area contributed by atoms with Crippen molar-refractivity contribution in [2.45, 2.75) is 88.5 Å². The summed E-state index contributed by atoms with van der Waals surface area (Å²) in [7, 11) is 0. The van der Waals surface area contributed by atoms with Crippen molar-refractivity contribution in [3.05, 3.63) is 89.0 Å². The van der Waals surface area contributed by atoms with Crippen LogP contribution >= 0.6 is 0 Å². The summed E-state index contributed by atoms with van der Waals surface area (Å²) in [4.78, 5) is 64.8. The van der Waals surface area contributed by atoms with Crippen molar-refractivity contribution in [1.29, 1.82) is 0 Å². The van der Waals surface area contributed by atoms with Gasteiger partial charge in [-0.15, -0.1) is 0 Å². The third kappa shape index (κ3) is 9.04. The first-order chi connectivity index (χ1) is 28.2. The fourth-order valence-electron chi connectivity index (χ4n) is 8.65. The molecule has 4 aliphatic rings. The first kappa shape index (κ1) is 39.1. The molecule has 2 aromatic heterocycles. The van der Waals surface area contributed by atoms with E-state index in [0.717, 1.165) is 57.6 Å². The molecule has 3 saturated heterocycles. The largest absolute Gasteiger partial charge is 0.375 e. The molecule has 8 rings (SSSR count). The van der Waals surface area contributed by atoms with Gasteiger partial charge in [-0.1, -0.05) is 18.2 Å². The van der Waals surface area contributed by atoms with Gasteiger partial charge in [0, 0.05) is 67.6 Å². The number of ether oxygens (including phenoxy) is 1. The number of rotatable bonds is 10. The molecule has 1 atom stereocenters. The lowest BCUT2D eigenvalue weighted by atomic mass is 9.85. The number of benzene rings is 2. The van der Waals surface area contributed by atoms with E-state index >= 15 is 4.39 Å². The van der Waals surface area contributed by atoms with Gasteiger partial charge in [0.1, 0.15) is 17.6 Å². The van der Waals surface area contributed by atoms with Crippen LogP contribution in [0.15, 0.2) is 71.8 Å². The second-order valence-electron chi connectivity index (χ2n) is 15.7. The van der Waals surface area contributed by atoms with Crippen LogP contribution in [0.4, 0.5) is 26.1 Å². The maximum Gasteiger partial charge on any atom is 0.255 e. The van der Waals surface area contributed by atoms with Crippen molar-refractivity contribution >= 4 is 35.0 Å². The first-order valence-corrected chi connectivity index (χ1v) is 20.3. The molecule has 0 bridgehead atoms. The minimum Gasteiger partial charge on any atom is -0.375 e. The van der Waals surface area contributed by atoms with Gasteiger partial charge in [-0.3, -0.25) is 24.5 Å².